The average Bonchev–Trinajstić information content (AvgIpc) is 3.16. The third-order valence-corrected chi connectivity index (χ3v) is 5.69. The van der Waals surface area contributed by atoms with Crippen molar-refractivity contribution in [3.05, 3.63) is 77.3 Å². The van der Waals surface area contributed by atoms with Crippen molar-refractivity contribution in [1.29, 1.82) is 0 Å². The zero-order valence-electron chi connectivity index (χ0n) is 14.4. The van der Waals surface area contributed by atoms with Crippen molar-refractivity contribution in [1.82, 2.24) is 20.2 Å². The first-order chi connectivity index (χ1) is 13.2. The van der Waals surface area contributed by atoms with Gasteiger partial charge in [0.25, 0.3) is 0 Å². The molecule has 0 amide bonds. The van der Waals surface area contributed by atoms with E-state index < -0.39 is 6.10 Å². The number of hydrogen-bond acceptors (Lipinski definition) is 5. The molecule has 0 spiro atoms. The molecule has 4 aromatic rings. The lowest BCUT2D eigenvalue weighted by atomic mass is 10.1. The monoisotopic (exact) mass is 396 g/mol. The van der Waals surface area contributed by atoms with Gasteiger partial charge in [0, 0.05) is 22.6 Å². The highest BCUT2D eigenvalue weighted by Gasteiger charge is 2.15. The third-order valence-electron chi connectivity index (χ3n) is 4.25. The van der Waals surface area contributed by atoms with Gasteiger partial charge in [-0.3, -0.25) is 0 Å². The molecule has 136 valence electrons. The molecule has 0 radical (unpaired) electrons. The number of aliphatic hydroxyl groups excluding tert-OH is 1. The van der Waals surface area contributed by atoms with Crippen LogP contribution in [0.4, 0.5) is 0 Å². The Labute approximate surface area is 166 Å². The van der Waals surface area contributed by atoms with Gasteiger partial charge in [-0.1, -0.05) is 78.0 Å². The topological polar surface area (TPSA) is 63.8 Å². The van der Waals surface area contributed by atoms with Crippen molar-refractivity contribution in [2.45, 2.75) is 17.7 Å². The summed E-state index contributed by atoms with van der Waals surface area (Å²) < 4.78 is 1.72. The van der Waals surface area contributed by atoms with Crippen LogP contribution < -0.4 is 0 Å². The minimum absolute atomic E-state index is 0.469. The fourth-order valence-corrected chi connectivity index (χ4v) is 3.98. The van der Waals surface area contributed by atoms with Crippen molar-refractivity contribution < 1.29 is 5.11 Å². The normalized spacial score (nSPS) is 12.4. The Morgan fingerprint density at radius 1 is 1.00 bits per heavy atom. The van der Waals surface area contributed by atoms with Crippen LogP contribution in [0.5, 0.6) is 0 Å². The largest absolute Gasteiger partial charge is 0.392 e. The molecule has 1 aromatic heterocycles. The molecular weight excluding hydrogens is 380 g/mol. The molecule has 0 aliphatic rings. The Morgan fingerprint density at radius 3 is 2.67 bits per heavy atom. The van der Waals surface area contributed by atoms with E-state index in [0.29, 0.717) is 22.4 Å². The van der Waals surface area contributed by atoms with E-state index in [9.17, 15) is 5.11 Å². The van der Waals surface area contributed by atoms with Crippen LogP contribution in [0.3, 0.4) is 0 Å². The second-order valence-electron chi connectivity index (χ2n) is 6.13. The molecule has 1 N–H and O–H groups in total. The maximum atomic E-state index is 10.4. The highest BCUT2D eigenvalue weighted by molar-refractivity contribution is 7.99. The van der Waals surface area contributed by atoms with Gasteiger partial charge in [0.1, 0.15) is 0 Å². The molecule has 1 atom stereocenters. The molecule has 5 nitrogen and oxygen atoms in total. The summed E-state index contributed by atoms with van der Waals surface area (Å²) in [6.45, 7) is 0. The number of nitrogens with zero attached hydrogens (tertiary/aromatic N) is 4. The lowest BCUT2D eigenvalue weighted by molar-refractivity contribution is 0.200. The zero-order chi connectivity index (χ0) is 18.6. The molecule has 4 rings (SSSR count). The van der Waals surface area contributed by atoms with Crippen LogP contribution >= 0.6 is 23.4 Å². The zero-order valence-corrected chi connectivity index (χ0v) is 15.9. The van der Waals surface area contributed by atoms with Crippen LogP contribution in [-0.2, 0) is 6.42 Å². The van der Waals surface area contributed by atoms with Crippen molar-refractivity contribution in [3.8, 4) is 5.69 Å². The summed E-state index contributed by atoms with van der Waals surface area (Å²) in [6.07, 6.45) is -0.0600. The molecule has 3 aromatic carbocycles. The minimum Gasteiger partial charge on any atom is -0.392 e. The summed E-state index contributed by atoms with van der Waals surface area (Å²) in [5.74, 6) is 0.469. The van der Waals surface area contributed by atoms with Crippen molar-refractivity contribution in [2.75, 3.05) is 5.75 Å². The molecule has 0 aliphatic carbocycles. The molecular formula is C20H17ClN4OS. The Hall–Kier alpha value is -2.41. The van der Waals surface area contributed by atoms with E-state index in [2.05, 4.69) is 27.7 Å². The predicted octanol–water partition coefficient (Wildman–Crippen LogP) is 4.16. The van der Waals surface area contributed by atoms with Gasteiger partial charge in [-0.2, -0.15) is 4.68 Å². The number of thioether (sulfide) groups is 1. The summed E-state index contributed by atoms with van der Waals surface area (Å²) in [7, 11) is 0. The molecule has 0 saturated heterocycles. The van der Waals surface area contributed by atoms with Gasteiger partial charge >= 0.3 is 0 Å². The predicted molar refractivity (Wildman–Crippen MR) is 109 cm³/mol. The van der Waals surface area contributed by atoms with Crippen LogP contribution in [0.25, 0.3) is 16.5 Å². The molecule has 1 unspecified atom stereocenters. The number of tetrazole rings is 1. The fraction of sp³-hybridized carbons (Fsp3) is 0.150. The van der Waals surface area contributed by atoms with E-state index in [-0.39, 0.29) is 0 Å². The molecule has 0 saturated carbocycles. The Balaban J connectivity index is 1.52. The second kappa shape index (κ2) is 8.08. The van der Waals surface area contributed by atoms with E-state index in [1.807, 2.05) is 54.6 Å². The lowest BCUT2D eigenvalue weighted by Gasteiger charge is -2.12. The van der Waals surface area contributed by atoms with Gasteiger partial charge in [0.05, 0.1) is 11.8 Å². The average molecular weight is 397 g/mol. The van der Waals surface area contributed by atoms with E-state index in [1.54, 1.807) is 4.68 Å². The van der Waals surface area contributed by atoms with E-state index in [1.165, 1.54) is 11.8 Å². The number of aliphatic hydroxyl groups is 1. The van der Waals surface area contributed by atoms with Crippen molar-refractivity contribution >= 4 is 34.1 Å². The first kappa shape index (κ1) is 18.0. The van der Waals surface area contributed by atoms with Gasteiger partial charge in [0.15, 0.2) is 0 Å². The molecule has 0 aliphatic heterocycles. The van der Waals surface area contributed by atoms with Gasteiger partial charge < -0.3 is 5.11 Å². The van der Waals surface area contributed by atoms with E-state index in [4.69, 9.17) is 11.6 Å². The number of benzene rings is 3. The number of rotatable bonds is 6. The number of halogens is 1. The second-order valence-corrected chi connectivity index (χ2v) is 7.53. The van der Waals surface area contributed by atoms with Crippen LogP contribution in [0.15, 0.2) is 71.9 Å². The van der Waals surface area contributed by atoms with E-state index >= 15 is 0 Å². The summed E-state index contributed by atoms with van der Waals surface area (Å²) in [4.78, 5) is 0. The summed E-state index contributed by atoms with van der Waals surface area (Å²) in [6, 6.07) is 21.7. The first-order valence-electron chi connectivity index (χ1n) is 8.53. The van der Waals surface area contributed by atoms with E-state index in [0.717, 1.165) is 22.0 Å². The highest BCUT2D eigenvalue weighted by atomic mass is 35.5. The van der Waals surface area contributed by atoms with Crippen LogP contribution in [0, 0.1) is 0 Å². The van der Waals surface area contributed by atoms with Crippen LogP contribution in [-0.4, -0.2) is 37.2 Å². The number of hydrogen-bond donors (Lipinski definition) is 1. The maximum Gasteiger partial charge on any atom is 0.214 e. The van der Waals surface area contributed by atoms with Crippen molar-refractivity contribution in [3.63, 3.8) is 0 Å². The molecule has 0 fully saturated rings. The summed E-state index contributed by atoms with van der Waals surface area (Å²) >= 11 is 7.60. The summed E-state index contributed by atoms with van der Waals surface area (Å²) in [5, 5.41) is 26.0. The molecule has 27 heavy (non-hydrogen) atoms. The Kier molecular flexibility index (Phi) is 5.38. The minimum atomic E-state index is -0.549. The fourth-order valence-electron chi connectivity index (χ4n) is 2.96. The standard InChI is InChI=1S/C20H17ClN4OS/c21-18-10-4-2-7-15(18)12-16(26)13-27-20-22-23-24-25(20)19-11-5-8-14-6-1-3-9-17(14)19/h1-11,16,26H,12-13H2. The van der Waals surface area contributed by atoms with Gasteiger partial charge in [0.2, 0.25) is 5.16 Å². The van der Waals surface area contributed by atoms with Gasteiger partial charge in [-0.25, -0.2) is 0 Å². The lowest BCUT2D eigenvalue weighted by Crippen LogP contribution is -2.14. The Bertz CT molecular complexity index is 1060. The molecule has 1 heterocycles. The Morgan fingerprint density at radius 2 is 1.78 bits per heavy atom. The number of fused-ring (bicyclic) bond motifs is 1. The van der Waals surface area contributed by atoms with Crippen LogP contribution in [0.2, 0.25) is 5.02 Å². The third kappa shape index (κ3) is 3.98. The van der Waals surface area contributed by atoms with Crippen molar-refractivity contribution in [2.24, 2.45) is 0 Å². The smallest absolute Gasteiger partial charge is 0.214 e. The van der Waals surface area contributed by atoms with Gasteiger partial charge in [-0.15, -0.1) is 5.10 Å². The SMILES string of the molecule is OC(CSc1nnnn1-c1cccc2ccccc12)Cc1ccccc1Cl. The summed E-state index contributed by atoms with van der Waals surface area (Å²) in [5.41, 5.74) is 1.85. The maximum absolute atomic E-state index is 10.4. The highest BCUT2D eigenvalue weighted by Crippen LogP contribution is 2.26. The first-order valence-corrected chi connectivity index (χ1v) is 9.89. The number of aromatic nitrogens is 4. The van der Waals surface area contributed by atoms with Crippen LogP contribution in [0.1, 0.15) is 5.56 Å². The quantitative estimate of drug-likeness (QED) is 0.496. The van der Waals surface area contributed by atoms with Gasteiger partial charge in [-0.05, 0) is 33.5 Å². The molecule has 0 bridgehead atoms. The molecule has 7 heteroatoms.